The smallest absolute Gasteiger partial charge is 0.124 e. The van der Waals surface area contributed by atoms with E-state index in [0.29, 0.717) is 0 Å². The van der Waals surface area contributed by atoms with Gasteiger partial charge in [0.1, 0.15) is 5.01 Å². The maximum Gasteiger partial charge on any atom is 0.124 e. The molecule has 0 spiro atoms. The molecule has 1 heterocycles. The van der Waals surface area contributed by atoms with Crippen LogP contribution in [0.4, 0.5) is 0 Å². The highest BCUT2D eigenvalue weighted by atomic mass is 32.1. The molecule has 0 unspecified atom stereocenters. The van der Waals surface area contributed by atoms with Gasteiger partial charge in [-0.05, 0) is 143 Å². The van der Waals surface area contributed by atoms with Gasteiger partial charge in [0.05, 0.1) is 10.2 Å². The Balaban J connectivity index is 1.01. The van der Waals surface area contributed by atoms with E-state index in [1.807, 2.05) is 0 Å². The lowest BCUT2D eigenvalue weighted by Gasteiger charge is -2.14. The summed E-state index contributed by atoms with van der Waals surface area (Å²) in [5.41, 5.74) is 14.1. The van der Waals surface area contributed by atoms with Crippen molar-refractivity contribution >= 4 is 53.9 Å². The fourth-order valence-corrected chi connectivity index (χ4v) is 9.39. The molecule has 2 heteroatoms. The summed E-state index contributed by atoms with van der Waals surface area (Å²) >= 11 is 1.74. The minimum Gasteiger partial charge on any atom is -0.236 e. The molecular formula is C55H35NS. The van der Waals surface area contributed by atoms with Gasteiger partial charge in [-0.1, -0.05) is 158 Å². The van der Waals surface area contributed by atoms with Crippen molar-refractivity contribution in [1.82, 2.24) is 4.98 Å². The summed E-state index contributed by atoms with van der Waals surface area (Å²) in [7, 11) is 0. The van der Waals surface area contributed by atoms with Crippen LogP contribution in [-0.2, 0) is 0 Å². The Morgan fingerprint density at radius 3 is 1.21 bits per heavy atom. The SMILES string of the molecule is c1ccc(-c2cc(-c3cccc(-c4cccc(-c5nc6ccccc6s5)c4)c3)cc(-c3cccc(-c4ccc5c6ccccc6c6ccccc6c5c4)c3)c2)cc1. The van der Waals surface area contributed by atoms with Gasteiger partial charge in [-0.15, -0.1) is 11.3 Å². The second-order valence-corrected chi connectivity index (χ2v) is 15.8. The van der Waals surface area contributed by atoms with Crippen LogP contribution < -0.4 is 0 Å². The van der Waals surface area contributed by atoms with Crippen LogP contribution in [0.15, 0.2) is 212 Å². The topological polar surface area (TPSA) is 12.9 Å². The van der Waals surface area contributed by atoms with E-state index in [9.17, 15) is 0 Å². The first kappa shape index (κ1) is 33.2. The van der Waals surface area contributed by atoms with E-state index >= 15 is 0 Å². The van der Waals surface area contributed by atoms with E-state index in [1.54, 1.807) is 11.3 Å². The van der Waals surface area contributed by atoms with E-state index in [1.165, 1.54) is 92.7 Å². The molecular weight excluding hydrogens is 707 g/mol. The van der Waals surface area contributed by atoms with Gasteiger partial charge in [-0.3, -0.25) is 0 Å². The Labute approximate surface area is 335 Å². The highest BCUT2D eigenvalue weighted by Gasteiger charge is 2.13. The van der Waals surface area contributed by atoms with E-state index in [0.717, 1.165) is 16.1 Å². The zero-order valence-corrected chi connectivity index (χ0v) is 31.9. The number of nitrogens with zero attached hydrogens (tertiary/aromatic N) is 1. The molecule has 0 radical (unpaired) electrons. The van der Waals surface area contributed by atoms with Gasteiger partial charge < -0.3 is 0 Å². The Bertz CT molecular complexity index is 3230. The molecule has 0 bridgehead atoms. The van der Waals surface area contributed by atoms with Gasteiger partial charge in [0.2, 0.25) is 0 Å². The molecule has 0 atom stereocenters. The van der Waals surface area contributed by atoms with Crippen molar-refractivity contribution in [3.8, 4) is 66.2 Å². The van der Waals surface area contributed by atoms with Crippen molar-refractivity contribution in [3.05, 3.63) is 212 Å². The van der Waals surface area contributed by atoms with Crippen LogP contribution in [0.25, 0.3) is 109 Å². The van der Waals surface area contributed by atoms with Crippen molar-refractivity contribution in [2.75, 3.05) is 0 Å². The summed E-state index contributed by atoms with van der Waals surface area (Å²) < 4.78 is 1.21. The van der Waals surface area contributed by atoms with E-state index in [-0.39, 0.29) is 0 Å². The fourth-order valence-electron chi connectivity index (χ4n) is 8.43. The van der Waals surface area contributed by atoms with Crippen LogP contribution in [0, 0.1) is 0 Å². The van der Waals surface area contributed by atoms with Crippen LogP contribution in [0.3, 0.4) is 0 Å². The number of rotatable bonds is 6. The molecule has 1 nitrogen and oxygen atoms in total. The first-order valence-electron chi connectivity index (χ1n) is 19.4. The molecule has 0 N–H and O–H groups in total. The third-order valence-corrected chi connectivity index (χ3v) is 12.3. The third-order valence-electron chi connectivity index (χ3n) is 11.2. The minimum atomic E-state index is 1.04. The summed E-state index contributed by atoms with van der Waals surface area (Å²) in [6.45, 7) is 0. The second-order valence-electron chi connectivity index (χ2n) is 14.7. The lowest BCUT2D eigenvalue weighted by molar-refractivity contribution is 1.47. The van der Waals surface area contributed by atoms with Crippen LogP contribution >= 0.6 is 11.3 Å². The number of hydrogen-bond acceptors (Lipinski definition) is 2. The number of thiazole rings is 1. The fraction of sp³-hybridized carbons (Fsp3) is 0. The van der Waals surface area contributed by atoms with Gasteiger partial charge in [0.15, 0.2) is 0 Å². The predicted octanol–water partition coefficient (Wildman–Crippen LogP) is 15.8. The number of hydrogen-bond donors (Lipinski definition) is 0. The number of para-hydroxylation sites is 1. The summed E-state index contributed by atoms with van der Waals surface area (Å²) in [5, 5.41) is 8.79. The molecule has 57 heavy (non-hydrogen) atoms. The van der Waals surface area contributed by atoms with E-state index < -0.39 is 0 Å². The standard InChI is InChI=1S/C55H35NS/c1-2-13-36(14-3-1)44-32-45(40-18-10-15-37(29-40)39-17-12-20-43(31-39)55-56-53-25-8-9-26-54(53)57-55)34-46(33-44)41-19-11-16-38(30-41)42-27-28-51-49-23-5-4-21-47(49)48-22-6-7-24-50(48)52(51)35-42/h1-35H. The Kier molecular flexibility index (Phi) is 8.08. The normalized spacial score (nSPS) is 11.5. The second kappa shape index (κ2) is 13.9. The quantitative estimate of drug-likeness (QED) is 0.155. The molecule has 0 amide bonds. The van der Waals surface area contributed by atoms with E-state index in [4.69, 9.17) is 4.98 Å². The molecule has 0 saturated heterocycles. The molecule has 11 aromatic rings. The molecule has 266 valence electrons. The monoisotopic (exact) mass is 741 g/mol. The van der Waals surface area contributed by atoms with Crippen molar-refractivity contribution in [2.24, 2.45) is 0 Å². The van der Waals surface area contributed by atoms with Gasteiger partial charge >= 0.3 is 0 Å². The lowest BCUT2D eigenvalue weighted by atomic mass is 9.90. The molecule has 0 aliphatic rings. The Morgan fingerprint density at radius 2 is 0.632 bits per heavy atom. The lowest BCUT2D eigenvalue weighted by Crippen LogP contribution is -1.88. The average Bonchev–Trinajstić information content (AvgIpc) is 3.74. The van der Waals surface area contributed by atoms with Gasteiger partial charge in [-0.2, -0.15) is 0 Å². The molecule has 0 fully saturated rings. The van der Waals surface area contributed by atoms with Crippen molar-refractivity contribution < 1.29 is 0 Å². The van der Waals surface area contributed by atoms with Gasteiger partial charge in [-0.25, -0.2) is 4.98 Å². The average molecular weight is 742 g/mol. The number of fused-ring (bicyclic) bond motifs is 7. The van der Waals surface area contributed by atoms with Crippen molar-refractivity contribution in [3.63, 3.8) is 0 Å². The molecule has 10 aromatic carbocycles. The first-order valence-corrected chi connectivity index (χ1v) is 20.2. The Hall–Kier alpha value is -7.13. The minimum absolute atomic E-state index is 1.04. The van der Waals surface area contributed by atoms with Crippen LogP contribution in [-0.4, -0.2) is 4.98 Å². The molecule has 0 saturated carbocycles. The highest BCUT2D eigenvalue weighted by molar-refractivity contribution is 7.21. The zero-order valence-electron chi connectivity index (χ0n) is 31.1. The summed E-state index contributed by atoms with van der Waals surface area (Å²) in [5.74, 6) is 0. The number of benzene rings is 10. The molecule has 1 aromatic heterocycles. The first-order chi connectivity index (χ1) is 28.2. The largest absolute Gasteiger partial charge is 0.236 e. The van der Waals surface area contributed by atoms with Crippen molar-refractivity contribution in [1.29, 1.82) is 0 Å². The molecule has 0 aliphatic carbocycles. The van der Waals surface area contributed by atoms with Gasteiger partial charge in [0.25, 0.3) is 0 Å². The van der Waals surface area contributed by atoms with Crippen LogP contribution in [0.2, 0.25) is 0 Å². The van der Waals surface area contributed by atoms with Crippen LogP contribution in [0.5, 0.6) is 0 Å². The number of aromatic nitrogens is 1. The van der Waals surface area contributed by atoms with Gasteiger partial charge in [0, 0.05) is 5.56 Å². The summed E-state index contributed by atoms with van der Waals surface area (Å²) in [6.07, 6.45) is 0. The maximum atomic E-state index is 4.94. The zero-order chi connectivity index (χ0) is 37.7. The summed E-state index contributed by atoms with van der Waals surface area (Å²) in [6, 6.07) is 77.4. The van der Waals surface area contributed by atoms with Crippen LogP contribution in [0.1, 0.15) is 0 Å². The predicted molar refractivity (Wildman–Crippen MR) is 245 cm³/mol. The maximum absolute atomic E-state index is 4.94. The van der Waals surface area contributed by atoms with E-state index in [2.05, 4.69) is 212 Å². The highest BCUT2D eigenvalue weighted by Crippen LogP contribution is 2.40. The third kappa shape index (κ3) is 6.08. The van der Waals surface area contributed by atoms with Crippen molar-refractivity contribution in [2.45, 2.75) is 0 Å². The Morgan fingerprint density at radius 1 is 0.246 bits per heavy atom. The molecule has 11 rings (SSSR count). The summed E-state index contributed by atoms with van der Waals surface area (Å²) in [4.78, 5) is 4.94. The molecule has 0 aliphatic heterocycles.